The van der Waals surface area contributed by atoms with Crippen LogP contribution in [0.1, 0.15) is 44.0 Å². The van der Waals surface area contributed by atoms with Gasteiger partial charge in [-0.1, -0.05) is 27.2 Å². The molecule has 0 fully saturated rings. The summed E-state index contributed by atoms with van der Waals surface area (Å²) in [6, 6.07) is 12.7. The summed E-state index contributed by atoms with van der Waals surface area (Å²) in [6.07, 6.45) is 1.98. The van der Waals surface area contributed by atoms with Crippen LogP contribution in [0.25, 0.3) is 0 Å². The van der Waals surface area contributed by atoms with E-state index in [-0.39, 0.29) is 10.8 Å². The molecule has 0 bridgehead atoms. The fourth-order valence-corrected chi connectivity index (χ4v) is 3.98. The first-order valence-electron chi connectivity index (χ1n) is 10.8. The summed E-state index contributed by atoms with van der Waals surface area (Å²) in [5.74, 6) is 0.462. The fourth-order valence-electron chi connectivity index (χ4n) is 2.92. The Kier molecular flexibility index (Phi) is 9.81. The summed E-state index contributed by atoms with van der Waals surface area (Å²) in [7, 11) is -3.73. The highest BCUT2D eigenvalue weighted by molar-refractivity contribution is 7.92. The zero-order valence-corrected chi connectivity index (χ0v) is 19.4. The Morgan fingerprint density at radius 2 is 1.61 bits per heavy atom. The van der Waals surface area contributed by atoms with E-state index in [1.54, 1.807) is 36.4 Å². The van der Waals surface area contributed by atoms with Crippen LogP contribution in [0.15, 0.2) is 53.4 Å². The van der Waals surface area contributed by atoms with Gasteiger partial charge in [0.15, 0.2) is 0 Å². The molecule has 0 heterocycles. The lowest BCUT2D eigenvalue weighted by atomic mass is 10.2. The molecular weight excluding hydrogens is 414 g/mol. The molecule has 7 nitrogen and oxygen atoms in total. The first kappa shape index (κ1) is 24.7. The molecule has 0 radical (unpaired) electrons. The van der Waals surface area contributed by atoms with E-state index in [0.717, 1.165) is 32.5 Å². The van der Waals surface area contributed by atoms with Gasteiger partial charge in [-0.05, 0) is 68.0 Å². The molecule has 0 aliphatic carbocycles. The van der Waals surface area contributed by atoms with Gasteiger partial charge >= 0.3 is 0 Å². The molecule has 2 rings (SSSR count). The molecule has 0 unspecified atom stereocenters. The van der Waals surface area contributed by atoms with Crippen LogP contribution in [-0.2, 0) is 10.0 Å². The van der Waals surface area contributed by atoms with Crippen LogP contribution in [-0.4, -0.2) is 52.0 Å². The number of hydrogen-bond donors (Lipinski definition) is 2. The van der Waals surface area contributed by atoms with Gasteiger partial charge in [0.2, 0.25) is 0 Å². The maximum absolute atomic E-state index is 12.6. The van der Waals surface area contributed by atoms with Gasteiger partial charge < -0.3 is 15.0 Å². The van der Waals surface area contributed by atoms with Crippen molar-refractivity contribution in [2.75, 3.05) is 37.5 Å². The normalized spacial score (nSPS) is 11.4. The van der Waals surface area contributed by atoms with E-state index in [1.807, 2.05) is 0 Å². The zero-order valence-electron chi connectivity index (χ0n) is 18.6. The van der Waals surface area contributed by atoms with Gasteiger partial charge in [0, 0.05) is 24.3 Å². The largest absolute Gasteiger partial charge is 0.494 e. The maximum atomic E-state index is 12.6. The topological polar surface area (TPSA) is 87.7 Å². The lowest BCUT2D eigenvalue weighted by Gasteiger charge is -2.18. The van der Waals surface area contributed by atoms with E-state index in [2.05, 4.69) is 35.7 Å². The Bertz CT molecular complexity index is 909. The maximum Gasteiger partial charge on any atom is 0.261 e. The zero-order chi connectivity index (χ0) is 22.7. The number of anilines is 1. The molecule has 0 spiro atoms. The Balaban J connectivity index is 1.93. The van der Waals surface area contributed by atoms with Gasteiger partial charge in [-0.2, -0.15) is 0 Å². The van der Waals surface area contributed by atoms with Crippen LogP contribution in [0.5, 0.6) is 5.75 Å². The van der Waals surface area contributed by atoms with E-state index in [1.165, 1.54) is 12.1 Å². The molecule has 0 saturated heterocycles. The number of unbranched alkanes of at least 4 members (excludes halogenated alkanes) is 1. The van der Waals surface area contributed by atoms with E-state index in [4.69, 9.17) is 4.74 Å². The van der Waals surface area contributed by atoms with Crippen molar-refractivity contribution in [2.24, 2.45) is 0 Å². The quantitative estimate of drug-likeness (QED) is 0.457. The Labute approximate surface area is 185 Å². The number of carbonyl (C=O) groups excluding carboxylic acids is 1. The molecule has 1 amide bonds. The van der Waals surface area contributed by atoms with Crippen molar-refractivity contribution in [2.45, 2.75) is 38.5 Å². The van der Waals surface area contributed by atoms with E-state index in [9.17, 15) is 13.2 Å². The van der Waals surface area contributed by atoms with Gasteiger partial charge in [0.25, 0.3) is 15.9 Å². The molecular formula is C23H33N3O4S. The Hall–Kier alpha value is -2.58. The molecule has 0 atom stereocenters. The third kappa shape index (κ3) is 7.88. The van der Waals surface area contributed by atoms with Crippen molar-refractivity contribution in [3.8, 4) is 5.75 Å². The van der Waals surface area contributed by atoms with Gasteiger partial charge in [0.05, 0.1) is 11.5 Å². The molecule has 170 valence electrons. The molecule has 8 heteroatoms. The second-order valence-corrected chi connectivity index (χ2v) is 8.82. The van der Waals surface area contributed by atoms with Crippen molar-refractivity contribution in [3.63, 3.8) is 0 Å². The van der Waals surface area contributed by atoms with Crippen LogP contribution in [0.4, 0.5) is 5.69 Å². The third-order valence-electron chi connectivity index (χ3n) is 4.91. The second kappa shape index (κ2) is 12.3. The number of amides is 1. The van der Waals surface area contributed by atoms with Crippen LogP contribution in [0.2, 0.25) is 0 Å². The minimum atomic E-state index is -3.73. The summed E-state index contributed by atoms with van der Waals surface area (Å²) >= 11 is 0. The Morgan fingerprint density at radius 3 is 2.19 bits per heavy atom. The number of likely N-dealkylation sites (N-methyl/N-ethyl adjacent to an activating group) is 1. The first-order valence-corrected chi connectivity index (χ1v) is 12.2. The van der Waals surface area contributed by atoms with Crippen molar-refractivity contribution in [1.29, 1.82) is 0 Å². The van der Waals surface area contributed by atoms with Crippen LogP contribution >= 0.6 is 0 Å². The van der Waals surface area contributed by atoms with Crippen LogP contribution in [0, 0.1) is 0 Å². The lowest BCUT2D eigenvalue weighted by molar-refractivity contribution is 0.0949. The highest BCUT2D eigenvalue weighted by atomic mass is 32.2. The number of rotatable bonds is 13. The average Bonchev–Trinajstić information content (AvgIpc) is 2.77. The summed E-state index contributed by atoms with van der Waals surface area (Å²) in [5.41, 5.74) is 0.874. The summed E-state index contributed by atoms with van der Waals surface area (Å²) in [4.78, 5) is 14.6. The molecule has 2 aromatic carbocycles. The smallest absolute Gasteiger partial charge is 0.261 e. The molecule has 0 aliphatic heterocycles. The molecule has 2 N–H and O–H groups in total. The van der Waals surface area contributed by atoms with E-state index >= 15 is 0 Å². The van der Waals surface area contributed by atoms with Crippen molar-refractivity contribution in [1.82, 2.24) is 10.2 Å². The minimum Gasteiger partial charge on any atom is -0.494 e. The van der Waals surface area contributed by atoms with Crippen LogP contribution in [0.3, 0.4) is 0 Å². The van der Waals surface area contributed by atoms with Gasteiger partial charge in [-0.25, -0.2) is 8.42 Å². The number of nitrogens with zero attached hydrogens (tertiary/aromatic N) is 1. The molecule has 2 aromatic rings. The number of hydrogen-bond acceptors (Lipinski definition) is 5. The van der Waals surface area contributed by atoms with Gasteiger partial charge in [0.1, 0.15) is 5.75 Å². The number of nitrogens with one attached hydrogen (secondary N) is 2. The molecule has 0 aliphatic rings. The summed E-state index contributed by atoms with van der Waals surface area (Å²) in [5, 5.41) is 2.88. The fraction of sp³-hybridized carbons (Fsp3) is 0.435. The molecule has 31 heavy (non-hydrogen) atoms. The lowest BCUT2D eigenvalue weighted by Crippen LogP contribution is -2.34. The highest BCUT2D eigenvalue weighted by Gasteiger charge is 2.15. The monoisotopic (exact) mass is 447 g/mol. The number of benzene rings is 2. The van der Waals surface area contributed by atoms with E-state index < -0.39 is 10.0 Å². The van der Waals surface area contributed by atoms with Crippen LogP contribution < -0.4 is 14.8 Å². The predicted octanol–water partition coefficient (Wildman–Crippen LogP) is 3.74. The standard InChI is InChI=1S/C23H33N3O4S/c1-4-7-18-30-21-12-14-22(15-13-21)31(28,29)25-20-10-8-19(9-11-20)23(27)24-16-17-26(5-2)6-3/h8-15,25H,4-7,16-18H2,1-3H3,(H,24,27). The Morgan fingerprint density at radius 1 is 0.968 bits per heavy atom. The molecule has 0 aromatic heterocycles. The van der Waals surface area contributed by atoms with E-state index in [0.29, 0.717) is 30.2 Å². The summed E-state index contributed by atoms with van der Waals surface area (Å²) in [6.45, 7) is 10.1. The van der Waals surface area contributed by atoms with Gasteiger partial charge in [-0.3, -0.25) is 9.52 Å². The summed E-state index contributed by atoms with van der Waals surface area (Å²) < 4.78 is 33.3. The predicted molar refractivity (Wildman–Crippen MR) is 124 cm³/mol. The number of sulfonamides is 1. The van der Waals surface area contributed by atoms with Gasteiger partial charge in [-0.15, -0.1) is 0 Å². The van der Waals surface area contributed by atoms with Crippen molar-refractivity contribution in [3.05, 3.63) is 54.1 Å². The third-order valence-corrected chi connectivity index (χ3v) is 6.31. The minimum absolute atomic E-state index is 0.147. The highest BCUT2D eigenvalue weighted by Crippen LogP contribution is 2.20. The van der Waals surface area contributed by atoms with Crippen molar-refractivity contribution < 1.29 is 17.9 Å². The number of carbonyl (C=O) groups is 1. The molecule has 0 saturated carbocycles. The second-order valence-electron chi connectivity index (χ2n) is 7.14. The SMILES string of the molecule is CCCCOc1ccc(S(=O)(=O)Nc2ccc(C(=O)NCCN(CC)CC)cc2)cc1. The van der Waals surface area contributed by atoms with Crippen molar-refractivity contribution >= 4 is 21.6 Å². The first-order chi connectivity index (χ1) is 14.9. The number of ether oxygens (including phenoxy) is 1. The average molecular weight is 448 g/mol.